The number of piperidine rings is 3. The maximum atomic E-state index is 12.6. The number of fused-ring (bicyclic) bond motifs is 3. The summed E-state index contributed by atoms with van der Waals surface area (Å²) in [5.41, 5.74) is 5.17. The molecule has 33 heavy (non-hydrogen) atoms. The number of nitrogens with zero attached hydrogens (tertiary/aromatic N) is 3. The third-order valence-electron chi connectivity index (χ3n) is 7.37. The SMILES string of the molecule is COc1ccccc1-c1cc(C2CN3CCC2CC3CNC(=O)c2ccc(C)cc2)n(C)n1. The first-order valence-corrected chi connectivity index (χ1v) is 11.8. The second-order valence-electron chi connectivity index (χ2n) is 9.39. The number of hydrogen-bond acceptors (Lipinski definition) is 4. The molecule has 0 spiro atoms. The summed E-state index contributed by atoms with van der Waals surface area (Å²) in [5.74, 6) is 1.93. The molecule has 2 bridgehead atoms. The molecule has 4 heterocycles. The zero-order valence-electron chi connectivity index (χ0n) is 19.6. The number of methoxy groups -OCH3 is 1. The van der Waals surface area contributed by atoms with Crippen molar-refractivity contribution in [3.63, 3.8) is 0 Å². The van der Waals surface area contributed by atoms with Crippen molar-refractivity contribution in [3.05, 3.63) is 71.4 Å². The van der Waals surface area contributed by atoms with Crippen molar-refractivity contribution in [1.29, 1.82) is 0 Å². The van der Waals surface area contributed by atoms with Crippen molar-refractivity contribution in [2.24, 2.45) is 13.0 Å². The number of rotatable bonds is 6. The maximum Gasteiger partial charge on any atom is 0.251 e. The minimum Gasteiger partial charge on any atom is -0.496 e. The molecule has 3 aliphatic rings. The number of para-hydroxylation sites is 1. The Kier molecular flexibility index (Phi) is 5.94. The van der Waals surface area contributed by atoms with Gasteiger partial charge in [0.1, 0.15) is 5.75 Å². The summed E-state index contributed by atoms with van der Waals surface area (Å²) in [6.07, 6.45) is 2.30. The van der Waals surface area contributed by atoms with E-state index in [9.17, 15) is 4.79 Å². The Morgan fingerprint density at radius 2 is 1.97 bits per heavy atom. The minimum absolute atomic E-state index is 0.0160. The lowest BCUT2D eigenvalue weighted by Gasteiger charge is -2.50. The number of ether oxygens (including phenoxy) is 1. The second kappa shape index (κ2) is 9.02. The summed E-state index contributed by atoms with van der Waals surface area (Å²) in [7, 11) is 3.75. The smallest absolute Gasteiger partial charge is 0.251 e. The first kappa shape index (κ1) is 21.7. The highest BCUT2D eigenvalue weighted by atomic mass is 16.5. The number of amides is 1. The van der Waals surface area contributed by atoms with E-state index in [4.69, 9.17) is 9.84 Å². The molecule has 0 saturated carbocycles. The van der Waals surface area contributed by atoms with E-state index in [0.717, 1.165) is 47.6 Å². The average molecular weight is 445 g/mol. The van der Waals surface area contributed by atoms with E-state index in [0.29, 0.717) is 24.4 Å². The fourth-order valence-corrected chi connectivity index (χ4v) is 5.52. The lowest BCUT2D eigenvalue weighted by molar-refractivity contribution is 0.0280. The van der Waals surface area contributed by atoms with Gasteiger partial charge in [0.2, 0.25) is 0 Å². The van der Waals surface area contributed by atoms with Gasteiger partial charge in [-0.2, -0.15) is 5.10 Å². The Morgan fingerprint density at radius 3 is 2.70 bits per heavy atom. The zero-order valence-corrected chi connectivity index (χ0v) is 19.6. The van der Waals surface area contributed by atoms with Gasteiger partial charge in [-0.05, 0) is 62.6 Å². The van der Waals surface area contributed by atoms with E-state index < -0.39 is 0 Å². The zero-order chi connectivity index (χ0) is 22.9. The Morgan fingerprint density at radius 1 is 1.18 bits per heavy atom. The molecule has 3 fully saturated rings. The van der Waals surface area contributed by atoms with Crippen molar-refractivity contribution in [3.8, 4) is 17.0 Å². The van der Waals surface area contributed by atoms with Gasteiger partial charge in [0.05, 0.1) is 12.8 Å². The van der Waals surface area contributed by atoms with Crippen LogP contribution in [0.3, 0.4) is 0 Å². The van der Waals surface area contributed by atoms with E-state index in [1.165, 1.54) is 12.1 Å². The predicted molar refractivity (Wildman–Crippen MR) is 130 cm³/mol. The van der Waals surface area contributed by atoms with Crippen LogP contribution < -0.4 is 10.1 Å². The average Bonchev–Trinajstić information content (AvgIpc) is 3.24. The van der Waals surface area contributed by atoms with Crippen molar-refractivity contribution in [2.75, 3.05) is 26.7 Å². The lowest BCUT2D eigenvalue weighted by atomic mass is 9.74. The van der Waals surface area contributed by atoms with Crippen molar-refractivity contribution in [2.45, 2.75) is 31.7 Å². The van der Waals surface area contributed by atoms with E-state index in [-0.39, 0.29) is 5.91 Å². The molecule has 6 nitrogen and oxygen atoms in total. The number of nitrogens with one attached hydrogen (secondary N) is 1. The van der Waals surface area contributed by atoms with Gasteiger partial charge in [-0.25, -0.2) is 0 Å². The number of carbonyl (C=O) groups excluding carboxylic acids is 1. The van der Waals surface area contributed by atoms with Gasteiger partial charge < -0.3 is 10.1 Å². The van der Waals surface area contributed by atoms with E-state index >= 15 is 0 Å². The number of hydrogen-bond donors (Lipinski definition) is 1. The molecule has 4 atom stereocenters. The summed E-state index contributed by atoms with van der Waals surface area (Å²) >= 11 is 0. The van der Waals surface area contributed by atoms with Gasteiger partial charge in [-0.15, -0.1) is 0 Å². The first-order chi connectivity index (χ1) is 16.0. The third kappa shape index (κ3) is 4.27. The minimum atomic E-state index is 0.0160. The van der Waals surface area contributed by atoms with Crippen molar-refractivity contribution in [1.82, 2.24) is 20.0 Å². The molecule has 6 rings (SSSR count). The van der Waals surface area contributed by atoms with E-state index in [1.54, 1.807) is 7.11 Å². The molecule has 1 N–H and O–H groups in total. The molecule has 1 aromatic heterocycles. The van der Waals surface area contributed by atoms with Gasteiger partial charge in [0.15, 0.2) is 0 Å². The molecule has 3 aliphatic heterocycles. The monoisotopic (exact) mass is 444 g/mol. The predicted octanol–water partition coefficient (Wildman–Crippen LogP) is 4.01. The number of aromatic nitrogens is 2. The van der Waals surface area contributed by atoms with Gasteiger partial charge in [0.25, 0.3) is 5.91 Å². The Bertz CT molecular complexity index is 1140. The molecule has 2 aromatic carbocycles. The van der Waals surface area contributed by atoms with Gasteiger partial charge >= 0.3 is 0 Å². The highest BCUT2D eigenvalue weighted by molar-refractivity contribution is 5.94. The summed E-state index contributed by atoms with van der Waals surface area (Å²) in [5, 5.41) is 7.99. The first-order valence-electron chi connectivity index (χ1n) is 11.8. The molecule has 172 valence electrons. The molecule has 0 radical (unpaired) electrons. The van der Waals surface area contributed by atoms with E-state index in [1.807, 2.05) is 61.1 Å². The van der Waals surface area contributed by atoms with Gasteiger partial charge in [-0.1, -0.05) is 29.8 Å². The van der Waals surface area contributed by atoms with E-state index in [2.05, 4.69) is 22.3 Å². The fraction of sp³-hybridized carbons (Fsp3) is 0.407. The highest BCUT2D eigenvalue weighted by Gasteiger charge is 2.42. The molecule has 6 heteroatoms. The quantitative estimate of drug-likeness (QED) is 0.624. The summed E-state index contributed by atoms with van der Waals surface area (Å²) in [4.78, 5) is 15.1. The summed E-state index contributed by atoms with van der Waals surface area (Å²) < 4.78 is 7.59. The summed E-state index contributed by atoms with van der Waals surface area (Å²) in [6.45, 7) is 4.85. The van der Waals surface area contributed by atoms with Crippen LogP contribution >= 0.6 is 0 Å². The molecular weight excluding hydrogens is 412 g/mol. The Labute approximate surface area is 195 Å². The Balaban J connectivity index is 1.27. The number of benzene rings is 2. The molecule has 1 amide bonds. The Hall–Kier alpha value is -3.12. The van der Waals surface area contributed by atoms with Crippen LogP contribution in [-0.4, -0.2) is 53.4 Å². The van der Waals surface area contributed by atoms with Crippen LogP contribution in [0.4, 0.5) is 0 Å². The molecule has 3 saturated heterocycles. The fourth-order valence-electron chi connectivity index (χ4n) is 5.52. The van der Waals surface area contributed by atoms with Crippen LogP contribution in [0.2, 0.25) is 0 Å². The van der Waals surface area contributed by atoms with Crippen molar-refractivity contribution >= 4 is 5.91 Å². The largest absolute Gasteiger partial charge is 0.496 e. The van der Waals surface area contributed by atoms with Crippen LogP contribution in [0.25, 0.3) is 11.3 Å². The standard InChI is InChI=1S/C27H32N4O2/c1-18-8-10-19(11-9-18)27(32)28-16-21-14-20-12-13-31(21)17-23(20)25-15-24(29-30(25)2)22-6-4-5-7-26(22)33-3/h4-11,15,20-21,23H,12-14,16-17H2,1-3H3,(H,28,32). The van der Waals surface area contributed by atoms with Crippen LogP contribution in [0.15, 0.2) is 54.6 Å². The number of aryl methyl sites for hydroxylation is 2. The second-order valence-corrected chi connectivity index (χ2v) is 9.39. The maximum absolute atomic E-state index is 12.6. The molecular formula is C27H32N4O2. The third-order valence-corrected chi connectivity index (χ3v) is 7.37. The van der Waals surface area contributed by atoms with Crippen LogP contribution in [0, 0.1) is 12.8 Å². The molecule has 0 aliphatic carbocycles. The number of carbonyl (C=O) groups is 1. The van der Waals surface area contributed by atoms with Crippen molar-refractivity contribution < 1.29 is 9.53 Å². The van der Waals surface area contributed by atoms with Crippen LogP contribution in [0.5, 0.6) is 5.75 Å². The van der Waals surface area contributed by atoms with Crippen LogP contribution in [0.1, 0.15) is 40.4 Å². The van der Waals surface area contributed by atoms with Gasteiger partial charge in [0, 0.05) is 48.9 Å². The molecule has 3 aromatic rings. The van der Waals surface area contributed by atoms with Crippen LogP contribution in [-0.2, 0) is 7.05 Å². The van der Waals surface area contributed by atoms with Gasteiger partial charge in [-0.3, -0.25) is 14.4 Å². The summed E-state index contributed by atoms with van der Waals surface area (Å²) in [6, 6.07) is 18.5. The normalized spacial score (nSPS) is 24.0. The molecule has 4 unspecified atom stereocenters. The topological polar surface area (TPSA) is 59.4 Å². The highest BCUT2D eigenvalue weighted by Crippen LogP contribution is 2.42. The lowest BCUT2D eigenvalue weighted by Crippen LogP contribution is -2.56.